The van der Waals surface area contributed by atoms with E-state index >= 15 is 0 Å². The van der Waals surface area contributed by atoms with Crippen LogP contribution in [-0.4, -0.2) is 18.6 Å². The van der Waals surface area contributed by atoms with Crippen molar-refractivity contribution in [1.29, 1.82) is 0 Å². The summed E-state index contributed by atoms with van der Waals surface area (Å²) in [6.07, 6.45) is 1.60. The van der Waals surface area contributed by atoms with E-state index in [1.807, 2.05) is 6.92 Å². The van der Waals surface area contributed by atoms with E-state index in [0.717, 1.165) is 18.4 Å². The molecule has 0 aliphatic carbocycles. The van der Waals surface area contributed by atoms with Gasteiger partial charge in [0.05, 0.1) is 6.61 Å². The standard InChI is InChI=1S/C13H17ClF2O2/c1-3-17-12-8-10(5-4-9(2)14)6-7-11(12)18-13(15)16/h6-9,13H,3-5H2,1-2H3. The zero-order valence-corrected chi connectivity index (χ0v) is 11.2. The first-order valence-corrected chi connectivity index (χ1v) is 6.31. The summed E-state index contributed by atoms with van der Waals surface area (Å²) in [4.78, 5) is 0. The lowest BCUT2D eigenvalue weighted by Crippen LogP contribution is -2.05. The summed E-state index contributed by atoms with van der Waals surface area (Å²) in [5.41, 5.74) is 0.993. The van der Waals surface area contributed by atoms with Gasteiger partial charge in [-0.15, -0.1) is 11.6 Å². The molecule has 0 saturated carbocycles. The molecule has 1 atom stereocenters. The fraction of sp³-hybridized carbons (Fsp3) is 0.538. The first-order chi connectivity index (χ1) is 8.52. The third-order valence-corrected chi connectivity index (χ3v) is 2.57. The summed E-state index contributed by atoms with van der Waals surface area (Å²) < 4.78 is 34.1. The number of aryl methyl sites for hydroxylation is 1. The first-order valence-electron chi connectivity index (χ1n) is 5.87. The van der Waals surface area contributed by atoms with Gasteiger partial charge in [-0.05, 0) is 44.4 Å². The Labute approximate surface area is 111 Å². The van der Waals surface area contributed by atoms with Gasteiger partial charge in [0.1, 0.15) is 0 Å². The van der Waals surface area contributed by atoms with Crippen molar-refractivity contribution in [3.8, 4) is 11.5 Å². The molecule has 1 unspecified atom stereocenters. The Morgan fingerprint density at radius 3 is 2.56 bits per heavy atom. The normalized spacial score (nSPS) is 12.6. The minimum atomic E-state index is -2.85. The Balaban J connectivity index is 2.81. The Morgan fingerprint density at radius 1 is 1.28 bits per heavy atom. The van der Waals surface area contributed by atoms with Crippen molar-refractivity contribution in [3.05, 3.63) is 23.8 Å². The van der Waals surface area contributed by atoms with Crippen LogP contribution in [-0.2, 0) is 6.42 Å². The van der Waals surface area contributed by atoms with Crippen molar-refractivity contribution in [2.24, 2.45) is 0 Å². The number of rotatable bonds is 7. The van der Waals surface area contributed by atoms with Crippen molar-refractivity contribution >= 4 is 11.6 Å². The van der Waals surface area contributed by atoms with Crippen LogP contribution in [0.25, 0.3) is 0 Å². The van der Waals surface area contributed by atoms with Crippen LogP contribution in [0.4, 0.5) is 8.78 Å². The highest BCUT2D eigenvalue weighted by Crippen LogP contribution is 2.30. The van der Waals surface area contributed by atoms with Gasteiger partial charge in [0.25, 0.3) is 0 Å². The van der Waals surface area contributed by atoms with Gasteiger partial charge in [0.15, 0.2) is 11.5 Å². The maximum absolute atomic E-state index is 12.2. The molecule has 0 aliphatic heterocycles. The average molecular weight is 279 g/mol. The van der Waals surface area contributed by atoms with Gasteiger partial charge in [-0.1, -0.05) is 6.07 Å². The summed E-state index contributed by atoms with van der Waals surface area (Å²) in [6, 6.07) is 4.98. The summed E-state index contributed by atoms with van der Waals surface area (Å²) in [5, 5.41) is 0.0811. The highest BCUT2D eigenvalue weighted by atomic mass is 35.5. The summed E-state index contributed by atoms with van der Waals surface area (Å²) in [7, 11) is 0. The van der Waals surface area contributed by atoms with E-state index in [1.165, 1.54) is 6.07 Å². The smallest absolute Gasteiger partial charge is 0.387 e. The van der Waals surface area contributed by atoms with Crippen LogP contribution in [0.5, 0.6) is 11.5 Å². The predicted octanol–water partition coefficient (Wildman–Crippen LogP) is 4.25. The van der Waals surface area contributed by atoms with Crippen LogP contribution in [0.1, 0.15) is 25.8 Å². The molecule has 0 N–H and O–H groups in total. The highest BCUT2D eigenvalue weighted by molar-refractivity contribution is 6.20. The zero-order valence-electron chi connectivity index (χ0n) is 10.5. The monoisotopic (exact) mass is 278 g/mol. The van der Waals surface area contributed by atoms with E-state index in [-0.39, 0.29) is 11.1 Å². The molecular weight excluding hydrogens is 262 g/mol. The quantitative estimate of drug-likeness (QED) is 0.694. The number of alkyl halides is 3. The van der Waals surface area contributed by atoms with Crippen molar-refractivity contribution < 1.29 is 18.3 Å². The van der Waals surface area contributed by atoms with Crippen LogP contribution >= 0.6 is 11.6 Å². The van der Waals surface area contributed by atoms with Crippen molar-refractivity contribution in [3.63, 3.8) is 0 Å². The van der Waals surface area contributed by atoms with Crippen LogP contribution < -0.4 is 9.47 Å². The molecule has 102 valence electrons. The Bertz CT molecular complexity index is 370. The molecule has 0 heterocycles. The van der Waals surface area contributed by atoms with Gasteiger partial charge >= 0.3 is 6.61 Å². The molecule has 0 saturated heterocycles. The fourth-order valence-electron chi connectivity index (χ4n) is 1.54. The van der Waals surface area contributed by atoms with Gasteiger partial charge in [0.2, 0.25) is 0 Å². The molecular formula is C13H17ClF2O2. The molecule has 1 aromatic rings. The van der Waals surface area contributed by atoms with E-state index in [1.54, 1.807) is 19.1 Å². The third kappa shape index (κ3) is 5.08. The second kappa shape index (κ2) is 7.41. The van der Waals surface area contributed by atoms with E-state index < -0.39 is 6.61 Å². The zero-order chi connectivity index (χ0) is 13.5. The number of hydrogen-bond donors (Lipinski definition) is 0. The molecule has 1 rings (SSSR count). The fourth-order valence-corrected chi connectivity index (χ4v) is 1.64. The summed E-state index contributed by atoms with van der Waals surface area (Å²) in [5.74, 6) is 0.409. The topological polar surface area (TPSA) is 18.5 Å². The third-order valence-electron chi connectivity index (χ3n) is 2.35. The van der Waals surface area contributed by atoms with E-state index in [0.29, 0.717) is 12.4 Å². The molecule has 0 bridgehead atoms. The lowest BCUT2D eigenvalue weighted by Gasteiger charge is -2.13. The molecule has 2 nitrogen and oxygen atoms in total. The minimum Gasteiger partial charge on any atom is -0.490 e. The summed E-state index contributed by atoms with van der Waals surface area (Å²) >= 11 is 5.87. The molecule has 0 amide bonds. The van der Waals surface area contributed by atoms with Gasteiger partial charge < -0.3 is 9.47 Å². The lowest BCUT2D eigenvalue weighted by molar-refractivity contribution is -0.0514. The molecule has 0 fully saturated rings. The molecule has 0 spiro atoms. The van der Waals surface area contributed by atoms with Crippen LogP contribution in [0.15, 0.2) is 18.2 Å². The molecule has 0 radical (unpaired) electrons. The molecule has 5 heteroatoms. The largest absolute Gasteiger partial charge is 0.490 e. The van der Waals surface area contributed by atoms with Crippen LogP contribution in [0.3, 0.4) is 0 Å². The van der Waals surface area contributed by atoms with Crippen molar-refractivity contribution in [2.45, 2.75) is 38.7 Å². The Morgan fingerprint density at radius 2 is 2.00 bits per heavy atom. The lowest BCUT2D eigenvalue weighted by atomic mass is 10.1. The van der Waals surface area contributed by atoms with Crippen molar-refractivity contribution in [2.75, 3.05) is 6.61 Å². The van der Waals surface area contributed by atoms with E-state index in [4.69, 9.17) is 16.3 Å². The van der Waals surface area contributed by atoms with Gasteiger partial charge in [-0.2, -0.15) is 8.78 Å². The van der Waals surface area contributed by atoms with Gasteiger partial charge in [-0.25, -0.2) is 0 Å². The van der Waals surface area contributed by atoms with Crippen LogP contribution in [0.2, 0.25) is 0 Å². The molecule has 1 aromatic carbocycles. The van der Waals surface area contributed by atoms with E-state index in [2.05, 4.69) is 4.74 Å². The minimum absolute atomic E-state index is 0.0644. The Kier molecular flexibility index (Phi) is 6.19. The number of benzene rings is 1. The maximum Gasteiger partial charge on any atom is 0.387 e. The van der Waals surface area contributed by atoms with E-state index in [9.17, 15) is 8.78 Å². The summed E-state index contributed by atoms with van der Waals surface area (Å²) in [6.45, 7) is 1.26. The predicted molar refractivity (Wildman–Crippen MR) is 67.9 cm³/mol. The molecule has 0 aromatic heterocycles. The van der Waals surface area contributed by atoms with Crippen molar-refractivity contribution in [1.82, 2.24) is 0 Å². The number of ether oxygens (including phenoxy) is 2. The Hall–Kier alpha value is -1.03. The number of hydrogen-bond acceptors (Lipinski definition) is 2. The SMILES string of the molecule is CCOc1cc(CCC(C)Cl)ccc1OC(F)F. The highest BCUT2D eigenvalue weighted by Gasteiger charge is 2.11. The average Bonchev–Trinajstić information content (AvgIpc) is 2.29. The maximum atomic E-state index is 12.2. The second-order valence-electron chi connectivity index (χ2n) is 3.91. The molecule has 0 aliphatic rings. The van der Waals surface area contributed by atoms with Gasteiger partial charge in [-0.3, -0.25) is 0 Å². The van der Waals surface area contributed by atoms with Crippen LogP contribution in [0, 0.1) is 0 Å². The second-order valence-corrected chi connectivity index (χ2v) is 4.66. The molecule has 18 heavy (non-hydrogen) atoms. The van der Waals surface area contributed by atoms with Gasteiger partial charge in [0, 0.05) is 5.38 Å². The first kappa shape index (κ1) is 15.0. The number of halogens is 3.